The van der Waals surface area contributed by atoms with E-state index in [1.54, 1.807) is 0 Å². The average molecular weight is 1310 g/mol. The highest BCUT2D eigenvalue weighted by atomic mass is 16.2. The van der Waals surface area contributed by atoms with Crippen LogP contribution < -0.4 is 5.73 Å². The van der Waals surface area contributed by atoms with E-state index in [4.69, 9.17) is 11.3 Å². The Hall–Kier alpha value is -8.27. The summed E-state index contributed by atoms with van der Waals surface area (Å²) < 4.78 is 0. The van der Waals surface area contributed by atoms with E-state index in [0.717, 1.165) is 0 Å². The summed E-state index contributed by atoms with van der Waals surface area (Å²) in [6.07, 6.45) is 8.73. The second-order valence-electron chi connectivity index (χ2n) is 27.7. The zero-order valence-corrected chi connectivity index (χ0v) is 53.6. The molecule has 2 N–H and O–H groups in total. The molecule has 0 radical (unpaired) electrons. The lowest BCUT2D eigenvalue weighted by molar-refractivity contribution is -0.156. The Morgan fingerprint density at radius 3 is 0.681 bits per heavy atom. The molecular weight excluding hydrogens is 1220 g/mol. The highest BCUT2D eigenvalue weighted by molar-refractivity contribution is 6.01. The van der Waals surface area contributed by atoms with Crippen molar-refractivity contribution in [1.29, 1.82) is 0 Å². The van der Waals surface area contributed by atoms with Crippen molar-refractivity contribution in [2.75, 3.05) is 78.5 Å². The molecular formula is C62H87N19O13. The van der Waals surface area contributed by atoms with Crippen LogP contribution in [0, 0.1) is 0 Å². The normalized spacial score (nSPS) is 32.5. The number of nitrogens with two attached hydrogens (primary N) is 1. The Kier molecular flexibility index (Phi) is 19.3. The maximum atomic E-state index is 15.1. The number of amides is 13. The third-order valence-corrected chi connectivity index (χ3v) is 22.5. The molecule has 0 unspecified atom stereocenters. The molecule has 32 heteroatoms. The molecule has 0 saturated carbocycles. The van der Waals surface area contributed by atoms with Crippen molar-refractivity contribution < 1.29 is 62.3 Å². The molecule has 14 atom stereocenters. The number of rotatable bonds is 14. The predicted molar refractivity (Wildman–Crippen MR) is 328 cm³/mol. The van der Waals surface area contributed by atoms with Crippen molar-refractivity contribution in [2.24, 2.45) is 16.0 Å². The van der Waals surface area contributed by atoms with Gasteiger partial charge in [-0.1, -0.05) is 10.2 Å². The van der Waals surface area contributed by atoms with Gasteiger partial charge in [0.15, 0.2) is 0 Å². The van der Waals surface area contributed by atoms with Gasteiger partial charge in [0.25, 0.3) is 0 Å². The number of nitrogens with zero attached hydrogens (tertiary/aromatic N) is 18. The van der Waals surface area contributed by atoms with E-state index in [1.165, 1.54) is 65.7 Å². The highest BCUT2D eigenvalue weighted by Gasteiger charge is 2.55. The molecule has 12 fully saturated rings. The minimum atomic E-state index is -1.16. The number of carbonyl (C=O) groups is 13. The van der Waals surface area contributed by atoms with Gasteiger partial charge in [0.05, 0.1) is 12.1 Å². The molecule has 13 amide bonds. The fourth-order valence-electron chi connectivity index (χ4n) is 18.0. The van der Waals surface area contributed by atoms with Crippen LogP contribution in [0.4, 0.5) is 0 Å². The van der Waals surface area contributed by atoms with Crippen LogP contribution in [0.25, 0.3) is 20.9 Å². The molecule has 12 aliphatic heterocycles. The van der Waals surface area contributed by atoms with Gasteiger partial charge in [-0.25, -0.2) is 0 Å². The van der Waals surface area contributed by atoms with Gasteiger partial charge in [-0.15, -0.1) is 0 Å². The van der Waals surface area contributed by atoms with Gasteiger partial charge in [-0.05, 0) is 152 Å². The lowest BCUT2D eigenvalue weighted by Gasteiger charge is -2.38. The Morgan fingerprint density at radius 2 is 0.468 bits per heavy atom. The molecule has 0 aromatic heterocycles. The van der Waals surface area contributed by atoms with Crippen LogP contribution >= 0.6 is 0 Å². The molecule has 12 heterocycles. The van der Waals surface area contributed by atoms with Crippen molar-refractivity contribution in [2.45, 2.75) is 233 Å². The summed E-state index contributed by atoms with van der Waals surface area (Å²) in [6.45, 7) is 3.90. The van der Waals surface area contributed by atoms with E-state index in [2.05, 4.69) is 20.1 Å². The van der Waals surface area contributed by atoms with E-state index in [9.17, 15) is 58.3 Å². The SMILES string of the molecule is CC(=O)N1C[C@H](N=[N+]=[N-])C[C@H]1C(=O)N1CCC[C@H]1C(=O)N1CCC[C@H]1C(=O)N1CCC[C@H]1C(=O)N1CCC[C@H]1C(=O)N1CCC[C@H]1C(=O)N1C[C@H](N=[N+]=[N-])C[C@H]1C(=O)N1CCC[C@H]1C(=O)N1CCC[C@H]1C(=O)N1CCC[C@H]1C(=O)N1CCC[C@H]1C(=O)N1CCC[C@H]1C(N)=O. The van der Waals surface area contributed by atoms with E-state index in [0.29, 0.717) is 129 Å². The molecule has 12 aliphatic rings. The van der Waals surface area contributed by atoms with Crippen LogP contribution in [0.1, 0.15) is 148 Å². The Morgan fingerprint density at radius 1 is 0.287 bits per heavy atom. The Labute approximate surface area is 544 Å². The van der Waals surface area contributed by atoms with Gasteiger partial charge >= 0.3 is 0 Å². The van der Waals surface area contributed by atoms with E-state index in [-0.39, 0.29) is 127 Å². The standard InChI is InChI=1S/C62H87N19O13/c1-36(82)80-34-37(66-68-64)32-49(80)61(93)78-30-9-19-46(78)58(90)75-27-6-16-43(75)55(87)73-25-5-15-42(73)54(86)74-26-8-18-45(74)57(89)77-29-11-21-48(77)60(92)81-35-38(67-69-65)33-50(81)62(94)79-31-10-20-47(79)59(91)76-28-7-17-44(76)56(88)72-24-4-14-41(72)53(85)71-23-3-13-40(71)52(84)70-22-2-12-39(70)51(63)83/h37-50H,2-35H2,1H3,(H2,63,83)/t37-,38-,39+,40+,41+,42+,43+,44+,45+,46+,47+,48+,49+,50+/m1/s1. The number of primary amides is 1. The second-order valence-corrected chi connectivity index (χ2v) is 27.7. The minimum Gasteiger partial charge on any atom is -0.368 e. The lowest BCUT2D eigenvalue weighted by atomic mass is 10.1. The lowest BCUT2D eigenvalue weighted by Crippen LogP contribution is -2.59. The Bertz CT molecular complexity index is 3210. The van der Waals surface area contributed by atoms with Crippen LogP contribution in [-0.4, -0.2) is 299 Å². The smallest absolute Gasteiger partial charge is 0.246 e. The minimum absolute atomic E-state index is 0.0365. The van der Waals surface area contributed by atoms with Crippen molar-refractivity contribution in [3.8, 4) is 0 Å². The number of hydrogen-bond donors (Lipinski definition) is 1. The van der Waals surface area contributed by atoms with Crippen molar-refractivity contribution in [1.82, 2.24) is 58.8 Å². The summed E-state index contributed by atoms with van der Waals surface area (Å²) in [4.78, 5) is 210. The molecule has 12 rings (SSSR count). The van der Waals surface area contributed by atoms with Crippen LogP contribution in [0.3, 0.4) is 0 Å². The van der Waals surface area contributed by atoms with Gasteiger partial charge in [-0.2, -0.15) is 0 Å². The van der Waals surface area contributed by atoms with Crippen molar-refractivity contribution in [3.63, 3.8) is 0 Å². The fraction of sp³-hybridized carbons (Fsp3) is 0.790. The number of azide groups is 2. The first-order chi connectivity index (χ1) is 45.3. The molecule has 94 heavy (non-hydrogen) atoms. The zero-order chi connectivity index (χ0) is 66.4. The van der Waals surface area contributed by atoms with Crippen LogP contribution in [0.15, 0.2) is 10.2 Å². The largest absolute Gasteiger partial charge is 0.368 e. The van der Waals surface area contributed by atoms with Gasteiger partial charge < -0.3 is 64.5 Å². The number of carbonyl (C=O) groups excluding carboxylic acids is 13. The molecule has 32 nitrogen and oxygen atoms in total. The topological polar surface area (TPSA) is 384 Å². The molecule has 0 aromatic carbocycles. The molecule has 508 valence electrons. The third-order valence-electron chi connectivity index (χ3n) is 22.5. The van der Waals surface area contributed by atoms with Crippen LogP contribution in [0.2, 0.25) is 0 Å². The van der Waals surface area contributed by atoms with E-state index >= 15 is 9.59 Å². The monoisotopic (exact) mass is 1310 g/mol. The molecule has 0 aromatic rings. The van der Waals surface area contributed by atoms with Crippen LogP contribution in [-0.2, 0) is 62.3 Å². The van der Waals surface area contributed by atoms with E-state index in [1.807, 2.05) is 0 Å². The summed E-state index contributed by atoms with van der Waals surface area (Å²) >= 11 is 0. The summed E-state index contributed by atoms with van der Waals surface area (Å²) in [5.41, 5.74) is 24.3. The molecule has 12 saturated heterocycles. The number of likely N-dealkylation sites (tertiary alicyclic amines) is 12. The van der Waals surface area contributed by atoms with Crippen molar-refractivity contribution in [3.05, 3.63) is 20.9 Å². The fourth-order valence-corrected chi connectivity index (χ4v) is 18.0. The first kappa shape index (κ1) is 65.8. The molecule has 0 bridgehead atoms. The summed E-state index contributed by atoms with van der Waals surface area (Å²) in [6, 6.07) is -12.4. The molecule has 0 spiro atoms. The van der Waals surface area contributed by atoms with Crippen molar-refractivity contribution >= 4 is 76.8 Å². The quantitative estimate of drug-likeness (QED) is 0.136. The first-order valence-corrected chi connectivity index (χ1v) is 34.3. The first-order valence-electron chi connectivity index (χ1n) is 34.3. The zero-order valence-electron chi connectivity index (χ0n) is 53.6. The van der Waals surface area contributed by atoms with E-state index < -0.39 is 126 Å². The average Bonchev–Trinajstić information content (AvgIpc) is 1.61. The maximum Gasteiger partial charge on any atom is 0.246 e. The van der Waals surface area contributed by atoms with Crippen LogP contribution in [0.5, 0.6) is 0 Å². The van der Waals surface area contributed by atoms with Gasteiger partial charge in [0.1, 0.15) is 72.5 Å². The second kappa shape index (κ2) is 27.6. The van der Waals surface area contributed by atoms with Gasteiger partial charge in [0, 0.05) is 95.3 Å². The summed E-state index contributed by atoms with van der Waals surface area (Å²) in [5.74, 6) is -5.50. The molecule has 0 aliphatic carbocycles. The Balaban J connectivity index is 0.682. The third kappa shape index (κ3) is 12.1. The predicted octanol–water partition coefficient (Wildman–Crippen LogP) is -0.0388. The number of hydrogen-bond acceptors (Lipinski definition) is 15. The maximum absolute atomic E-state index is 15.1. The highest BCUT2D eigenvalue weighted by Crippen LogP contribution is 2.37. The summed E-state index contributed by atoms with van der Waals surface area (Å²) in [5, 5.41) is 7.69. The summed E-state index contributed by atoms with van der Waals surface area (Å²) in [7, 11) is 0. The van der Waals surface area contributed by atoms with Gasteiger partial charge in [0.2, 0.25) is 76.8 Å². The van der Waals surface area contributed by atoms with Gasteiger partial charge in [-0.3, -0.25) is 62.3 Å².